The van der Waals surface area contributed by atoms with Crippen molar-refractivity contribution in [3.63, 3.8) is 0 Å². The van der Waals surface area contributed by atoms with Gasteiger partial charge in [0, 0.05) is 44.2 Å². The maximum Gasteiger partial charge on any atom is 0.245 e. The van der Waals surface area contributed by atoms with Crippen LogP contribution in [-0.4, -0.2) is 289 Å². The Morgan fingerprint density at radius 2 is 0.337 bits per heavy atom. The molecule has 92 heavy (non-hydrogen) atoms. The van der Waals surface area contributed by atoms with Crippen LogP contribution < -0.4 is 219 Å². The first-order valence-corrected chi connectivity index (χ1v) is 27.4. The molecule has 11 aromatic rings. The molecule has 4 heterocycles. The minimum atomic E-state index is -1.45. The maximum atomic E-state index is 7.91. The Bertz CT molecular complexity index is 5080. The molecule has 0 N–H and O–H groups in total. The van der Waals surface area contributed by atoms with Crippen molar-refractivity contribution in [1.29, 1.82) is 0 Å². The molecule has 2 aliphatic heterocycles. The lowest BCUT2D eigenvalue weighted by Gasteiger charge is -2.38. The van der Waals surface area contributed by atoms with Crippen LogP contribution in [0.5, 0.6) is 0 Å². The largest absolute Gasteiger partial charge is 0.311 e. The summed E-state index contributed by atoms with van der Waals surface area (Å²) in [5.74, 6) is 0. The molecular formula is C54B36N2. The summed E-state index contributed by atoms with van der Waals surface area (Å²) in [4.78, 5) is 0. The van der Waals surface area contributed by atoms with Gasteiger partial charge in [0.1, 0.15) is 267 Å². The molecule has 0 saturated carbocycles. The van der Waals surface area contributed by atoms with E-state index in [1.165, 1.54) is 0 Å². The summed E-state index contributed by atoms with van der Waals surface area (Å²) in [6.45, 7) is -2.90. The Hall–Kier alpha value is -5.08. The highest BCUT2D eigenvalue weighted by atomic mass is 15.0. The number of rotatable bonds is 4. The summed E-state index contributed by atoms with van der Waals surface area (Å²) in [5, 5.41) is 0.400. The summed E-state index contributed by atoms with van der Waals surface area (Å²) in [5.41, 5.74) is -5.73. The van der Waals surface area contributed by atoms with Crippen LogP contribution in [0.4, 0.5) is 0 Å². The van der Waals surface area contributed by atoms with Gasteiger partial charge in [0.15, 0.2) is 0 Å². The molecule has 0 fully saturated rings. The van der Waals surface area contributed by atoms with Crippen molar-refractivity contribution < 1.29 is 0 Å². The molecule has 334 valence electrons. The molecule has 2 aliphatic rings. The number of hydrogen-bond donors (Lipinski definition) is 0. The molecule has 0 unspecified atom stereocenters. The van der Waals surface area contributed by atoms with Crippen LogP contribution in [0.25, 0.3) is 77.2 Å². The van der Waals surface area contributed by atoms with E-state index >= 15 is 0 Å². The van der Waals surface area contributed by atoms with Crippen molar-refractivity contribution in [2.24, 2.45) is 0 Å². The maximum absolute atomic E-state index is 7.91. The smallest absolute Gasteiger partial charge is 0.245 e. The van der Waals surface area contributed by atoms with Gasteiger partial charge in [0.05, 0.1) is 0 Å². The highest BCUT2D eigenvalue weighted by Gasteiger charge is 2.45. The first-order valence-electron chi connectivity index (χ1n) is 27.4. The van der Waals surface area contributed by atoms with Gasteiger partial charge in [-0.05, 0) is 38.5 Å². The lowest BCUT2D eigenvalue weighted by molar-refractivity contribution is 1.20. The number of fused-ring (bicyclic) bond motifs is 10. The third kappa shape index (κ3) is 7.91. The van der Waals surface area contributed by atoms with E-state index in [2.05, 4.69) is 0 Å². The van der Waals surface area contributed by atoms with E-state index in [0.717, 1.165) is 0 Å². The summed E-state index contributed by atoms with van der Waals surface area (Å²) >= 11 is 0. The molecule has 0 saturated heterocycles. The average molecular weight is 1070 g/mol. The lowest BCUT2D eigenvalue weighted by atomic mass is 9.28. The van der Waals surface area contributed by atoms with Gasteiger partial charge in [-0.3, -0.25) is 0 Å². The lowest BCUT2D eigenvalue weighted by Crippen LogP contribution is -2.75. The first kappa shape index (κ1) is 65.6. The molecule has 2 nitrogen and oxygen atoms in total. The third-order valence-corrected chi connectivity index (χ3v) is 19.0. The second kappa shape index (κ2) is 21.7. The molecular weight excluding hydrogens is 1070 g/mol. The van der Waals surface area contributed by atoms with Crippen LogP contribution in [0.2, 0.25) is 0 Å². The molecule has 0 spiro atoms. The number of aromatic nitrogens is 2. The quantitative estimate of drug-likeness (QED) is 0.156. The Balaban J connectivity index is 1.30. The van der Waals surface area contributed by atoms with Gasteiger partial charge < -0.3 is 9.13 Å². The highest BCUT2D eigenvalue weighted by molar-refractivity contribution is 7.08. The van der Waals surface area contributed by atoms with E-state index in [1.54, 1.807) is 9.13 Å². The van der Waals surface area contributed by atoms with Gasteiger partial charge in [0.25, 0.3) is 0 Å². The number of benzene rings is 9. The summed E-state index contributed by atoms with van der Waals surface area (Å²) in [6.07, 6.45) is 0. The van der Waals surface area contributed by atoms with Crippen LogP contribution in [0.3, 0.4) is 0 Å². The van der Waals surface area contributed by atoms with Crippen LogP contribution >= 0.6 is 0 Å². The van der Waals surface area contributed by atoms with E-state index < -0.39 is 13.4 Å². The van der Waals surface area contributed by atoms with E-state index in [1.807, 2.05) is 0 Å². The topological polar surface area (TPSA) is 9.86 Å². The van der Waals surface area contributed by atoms with Crippen LogP contribution in [0, 0.1) is 0 Å². The zero-order chi connectivity index (χ0) is 67.5. The van der Waals surface area contributed by atoms with E-state index in [9.17, 15) is 0 Å². The van der Waals surface area contributed by atoms with Gasteiger partial charge >= 0.3 is 0 Å². The molecule has 0 amide bonds. The zero-order valence-electron chi connectivity index (χ0n) is 48.7. The first-order chi connectivity index (χ1) is 43.0. The van der Waals surface area contributed by atoms with Crippen molar-refractivity contribution in [3.05, 3.63) is 0 Å². The van der Waals surface area contributed by atoms with Crippen LogP contribution in [0.1, 0.15) is 0 Å². The van der Waals surface area contributed by atoms with Crippen molar-refractivity contribution in [2.45, 2.75) is 0 Å². The molecule has 0 atom stereocenters. The molecule has 9 aromatic carbocycles. The highest BCUT2D eigenvalue weighted by Crippen LogP contribution is 2.36. The van der Waals surface area contributed by atoms with Crippen molar-refractivity contribution in [1.82, 2.24) is 9.13 Å². The Morgan fingerprint density at radius 3 is 0.620 bits per heavy atom. The van der Waals surface area contributed by atoms with Gasteiger partial charge in [0.2, 0.25) is 13.4 Å². The van der Waals surface area contributed by atoms with E-state index in [0.29, 0.717) is 0 Å². The van der Waals surface area contributed by atoms with Gasteiger partial charge in [-0.15, -0.1) is 120 Å². The molecule has 2 aromatic heterocycles. The second-order valence-electron chi connectivity index (χ2n) is 23.2. The second-order valence-corrected chi connectivity index (χ2v) is 23.2. The minimum Gasteiger partial charge on any atom is -0.311 e. The van der Waals surface area contributed by atoms with Crippen molar-refractivity contribution in [3.8, 4) is 33.6 Å². The Morgan fingerprint density at radius 1 is 0.141 bits per heavy atom. The predicted octanol–water partition coefficient (Wildman–Crippen LogP) is -32.1. The SMILES string of the molecule is [B]c1c([B])c([B])c(-c2c([B])c([B])c([B])c([B])c2B2c3c([B])c([B])c([B])c([B])c3-n3c4c2c([B])c([B])c([B])c4c2c([B])c4c5c([B])c([B])c([B])c6c5n(c4c([B])c23)-c2c([B])c([B])c([B])c([B])c2B6c2c([B])c([B])c([B])c([B])c2-c2c([B])c([B])c([B])c([B])c2[B])c([B])c1[B]. The van der Waals surface area contributed by atoms with Crippen LogP contribution in [0.15, 0.2) is 0 Å². The fraction of sp³-hybridized carbons (Fsp3) is 0. The molecule has 0 aliphatic carbocycles. The molecule has 68 radical (unpaired) electrons. The minimum absolute atomic E-state index is 0.00128. The monoisotopic (exact) mass is 1070 g/mol. The van der Waals surface area contributed by atoms with Gasteiger partial charge in [-0.25, -0.2) is 0 Å². The summed E-state index contributed by atoms with van der Waals surface area (Å²) < 4.78 is 3.19. The summed E-state index contributed by atoms with van der Waals surface area (Å²) in [7, 11) is 238. The van der Waals surface area contributed by atoms with Gasteiger partial charge in [-0.2, -0.15) is 0 Å². The Labute approximate surface area is 580 Å². The van der Waals surface area contributed by atoms with Crippen molar-refractivity contribution >= 4 is 542 Å². The number of hydrogen-bond acceptors (Lipinski definition) is 0. The Kier molecular flexibility index (Phi) is 15.5. The van der Waals surface area contributed by atoms with E-state index in [-0.39, 0.29) is 296 Å². The zero-order valence-corrected chi connectivity index (χ0v) is 48.7. The number of nitrogens with zero attached hydrogens (tertiary/aromatic N) is 2. The fourth-order valence-corrected chi connectivity index (χ4v) is 14.3. The van der Waals surface area contributed by atoms with Crippen molar-refractivity contribution in [2.75, 3.05) is 0 Å². The fourth-order valence-electron chi connectivity index (χ4n) is 14.3. The predicted molar refractivity (Wildman–Crippen MR) is 431 cm³/mol. The standard InChI is InChI=1S/C54B36N2/c55-9-5-7-16(62)24(70)36(82)45-51(7)91(53-40(86)32(78)30(76)38(84)47(53)89(45)43-3(14(60)22(68)28(74)34(43)80)1-10(56)18(64)26(72)19(65)11(1)57)49(5)42(88)50-6(9)8-17(63)25(71)37(83)46-52(8)92(50)54-41(87)33(79)31(77)39(85)48(54)90(46)44-4(15(61)23(69)29(75)35(44)81)2-12(58)20(66)27(73)21(67)13(2)59. The summed E-state index contributed by atoms with van der Waals surface area (Å²) in [6, 6.07) is 0. The average Bonchev–Trinajstić information content (AvgIpc) is 1.44. The van der Waals surface area contributed by atoms with E-state index in [4.69, 9.17) is 267 Å². The van der Waals surface area contributed by atoms with Gasteiger partial charge in [-0.1, -0.05) is 92.9 Å². The normalized spacial score (nSPS) is 12.5. The molecule has 13 rings (SSSR count). The van der Waals surface area contributed by atoms with Crippen LogP contribution in [-0.2, 0) is 0 Å². The molecule has 0 bridgehead atoms. The third-order valence-electron chi connectivity index (χ3n) is 19.0. The molecule has 38 heteroatoms.